The molecule has 2 heteroatoms. The molecule has 1 N–H and O–H groups in total. The number of ether oxygens (including phenoxy) is 1. The van der Waals surface area contributed by atoms with Gasteiger partial charge in [-0.05, 0) is 63.3 Å². The van der Waals surface area contributed by atoms with Crippen LogP contribution in [0.3, 0.4) is 0 Å². The number of benzene rings is 2. The molecule has 0 amide bonds. The van der Waals surface area contributed by atoms with Crippen LogP contribution in [0.4, 0.5) is 0 Å². The number of hydrogen-bond acceptors (Lipinski definition) is 2. The molecule has 132 valence electrons. The van der Waals surface area contributed by atoms with Gasteiger partial charge in [-0.1, -0.05) is 53.6 Å². The van der Waals surface area contributed by atoms with Gasteiger partial charge in [-0.3, -0.25) is 0 Å². The van der Waals surface area contributed by atoms with Gasteiger partial charge >= 0.3 is 0 Å². The van der Waals surface area contributed by atoms with Gasteiger partial charge in [0.25, 0.3) is 0 Å². The van der Waals surface area contributed by atoms with Gasteiger partial charge in [0, 0.05) is 5.56 Å². The number of phenolic OH excluding ortho intramolecular Hbond substituents is 1. The summed E-state index contributed by atoms with van der Waals surface area (Å²) in [5.41, 5.74) is 5.54. The van der Waals surface area contributed by atoms with Gasteiger partial charge in [0.1, 0.15) is 11.5 Å². The van der Waals surface area contributed by atoms with E-state index in [0.717, 1.165) is 35.3 Å². The number of aromatic hydroxyl groups is 1. The molecule has 0 saturated heterocycles. The average molecular weight is 336 g/mol. The Kier molecular flexibility index (Phi) is 6.88. The van der Waals surface area contributed by atoms with Gasteiger partial charge < -0.3 is 9.84 Å². The molecule has 0 saturated carbocycles. The van der Waals surface area contributed by atoms with Crippen LogP contribution in [-0.2, 0) is 6.42 Å². The van der Waals surface area contributed by atoms with E-state index in [0.29, 0.717) is 6.42 Å². The van der Waals surface area contributed by atoms with E-state index in [1.165, 1.54) is 11.1 Å². The van der Waals surface area contributed by atoms with Crippen molar-refractivity contribution in [2.45, 2.75) is 40.0 Å². The first-order valence-electron chi connectivity index (χ1n) is 8.75. The third-order valence-electron chi connectivity index (χ3n) is 4.26. The van der Waals surface area contributed by atoms with Crippen LogP contribution >= 0.6 is 0 Å². The first kappa shape index (κ1) is 18.9. The molecule has 0 radical (unpaired) electrons. The fourth-order valence-electron chi connectivity index (χ4n) is 2.78. The van der Waals surface area contributed by atoms with Crippen molar-refractivity contribution < 1.29 is 9.84 Å². The highest BCUT2D eigenvalue weighted by molar-refractivity contribution is 5.69. The topological polar surface area (TPSA) is 29.5 Å². The summed E-state index contributed by atoms with van der Waals surface area (Å²) in [4.78, 5) is 0. The quantitative estimate of drug-likeness (QED) is 0.601. The maximum atomic E-state index is 10.5. The van der Waals surface area contributed by atoms with E-state index in [2.05, 4.69) is 32.9 Å². The Morgan fingerprint density at radius 2 is 1.72 bits per heavy atom. The summed E-state index contributed by atoms with van der Waals surface area (Å²) in [5.74, 6) is 1.01. The average Bonchev–Trinajstić information content (AvgIpc) is 2.60. The van der Waals surface area contributed by atoms with E-state index in [1.807, 2.05) is 42.5 Å². The van der Waals surface area contributed by atoms with Crippen LogP contribution in [0.15, 0.2) is 65.8 Å². The number of allylic oxidation sites excluding steroid dienone is 4. The van der Waals surface area contributed by atoms with E-state index in [9.17, 15) is 5.11 Å². The largest absolute Gasteiger partial charge is 0.507 e. The lowest BCUT2D eigenvalue weighted by Gasteiger charge is -2.12. The monoisotopic (exact) mass is 336 g/mol. The standard InChI is InChI=1S/C23H28O2/c1-17(2)9-8-10-18(3)13-14-21-22(24)15-20(16-23(21)25-4)19-11-6-5-7-12-19/h5-7,9,11-13,15-16,24H,8,10,14H2,1-4H3/b18-13-. The SMILES string of the molecule is COc1cc(-c2ccccc2)cc(O)c1C/C=C(/C)CCC=C(C)C. The highest BCUT2D eigenvalue weighted by Crippen LogP contribution is 2.35. The van der Waals surface area contributed by atoms with Crippen LogP contribution in [0.5, 0.6) is 11.5 Å². The fourth-order valence-corrected chi connectivity index (χ4v) is 2.78. The molecule has 0 atom stereocenters. The van der Waals surface area contributed by atoms with E-state index in [4.69, 9.17) is 4.74 Å². The molecule has 2 aromatic carbocycles. The second-order valence-electron chi connectivity index (χ2n) is 6.62. The number of rotatable bonds is 7. The highest BCUT2D eigenvalue weighted by Gasteiger charge is 2.11. The lowest BCUT2D eigenvalue weighted by Crippen LogP contribution is -1.94. The van der Waals surface area contributed by atoms with Gasteiger partial charge in [0.05, 0.1) is 7.11 Å². The second kappa shape index (κ2) is 9.12. The first-order chi connectivity index (χ1) is 12.0. The zero-order valence-corrected chi connectivity index (χ0v) is 15.7. The van der Waals surface area contributed by atoms with E-state index >= 15 is 0 Å². The van der Waals surface area contributed by atoms with Crippen LogP contribution in [0.25, 0.3) is 11.1 Å². The smallest absolute Gasteiger partial charge is 0.126 e. The fraction of sp³-hybridized carbons (Fsp3) is 0.304. The predicted molar refractivity (Wildman–Crippen MR) is 106 cm³/mol. The van der Waals surface area contributed by atoms with E-state index < -0.39 is 0 Å². The third kappa shape index (κ3) is 5.53. The van der Waals surface area contributed by atoms with Gasteiger partial charge in [0.15, 0.2) is 0 Å². The Balaban J connectivity index is 2.19. The minimum Gasteiger partial charge on any atom is -0.507 e. The van der Waals surface area contributed by atoms with Crippen LogP contribution in [0, 0.1) is 0 Å². The lowest BCUT2D eigenvalue weighted by atomic mass is 9.99. The molecule has 2 aromatic rings. The van der Waals surface area contributed by atoms with E-state index in [1.54, 1.807) is 7.11 Å². The number of hydrogen-bond donors (Lipinski definition) is 1. The molecule has 2 nitrogen and oxygen atoms in total. The van der Waals surface area contributed by atoms with Crippen LogP contribution < -0.4 is 4.74 Å². The summed E-state index contributed by atoms with van der Waals surface area (Å²) in [6.07, 6.45) is 7.20. The van der Waals surface area contributed by atoms with Gasteiger partial charge in [-0.15, -0.1) is 0 Å². The van der Waals surface area contributed by atoms with Crippen molar-refractivity contribution >= 4 is 0 Å². The van der Waals surface area contributed by atoms with Crippen molar-refractivity contribution in [3.8, 4) is 22.6 Å². The Bertz CT molecular complexity index is 751. The Hall–Kier alpha value is -2.48. The van der Waals surface area contributed by atoms with Gasteiger partial charge in [0.2, 0.25) is 0 Å². The maximum absolute atomic E-state index is 10.5. The molecule has 2 rings (SSSR count). The highest BCUT2D eigenvalue weighted by atomic mass is 16.5. The molecule has 25 heavy (non-hydrogen) atoms. The van der Waals surface area contributed by atoms with Crippen LogP contribution in [-0.4, -0.2) is 12.2 Å². The number of methoxy groups -OCH3 is 1. The molecule has 0 aliphatic heterocycles. The molecule has 0 fully saturated rings. The van der Waals surface area contributed by atoms with Crippen molar-refractivity contribution in [2.75, 3.05) is 7.11 Å². The molecule has 0 unspecified atom stereocenters. The molecule has 0 aliphatic carbocycles. The molecule has 0 bridgehead atoms. The minimum atomic E-state index is 0.284. The molecule has 0 heterocycles. The third-order valence-corrected chi connectivity index (χ3v) is 4.26. The maximum Gasteiger partial charge on any atom is 0.126 e. The Morgan fingerprint density at radius 1 is 1.00 bits per heavy atom. The second-order valence-corrected chi connectivity index (χ2v) is 6.62. The summed E-state index contributed by atoms with van der Waals surface area (Å²) < 4.78 is 5.53. The molecule has 0 spiro atoms. The molecule has 0 aromatic heterocycles. The van der Waals surface area contributed by atoms with Gasteiger partial charge in [-0.25, -0.2) is 0 Å². The van der Waals surface area contributed by atoms with Crippen molar-refractivity contribution in [3.63, 3.8) is 0 Å². The first-order valence-corrected chi connectivity index (χ1v) is 8.75. The zero-order chi connectivity index (χ0) is 18.2. The van der Waals surface area contributed by atoms with Gasteiger partial charge in [-0.2, -0.15) is 0 Å². The normalized spacial score (nSPS) is 11.3. The summed E-state index contributed by atoms with van der Waals surface area (Å²) in [7, 11) is 1.65. The zero-order valence-electron chi connectivity index (χ0n) is 15.7. The van der Waals surface area contributed by atoms with Crippen LogP contribution in [0.1, 0.15) is 39.2 Å². The molecular formula is C23H28O2. The van der Waals surface area contributed by atoms with Crippen molar-refractivity contribution in [1.82, 2.24) is 0 Å². The van der Waals surface area contributed by atoms with Crippen molar-refractivity contribution in [2.24, 2.45) is 0 Å². The lowest BCUT2D eigenvalue weighted by molar-refractivity contribution is 0.401. The van der Waals surface area contributed by atoms with E-state index in [-0.39, 0.29) is 5.75 Å². The minimum absolute atomic E-state index is 0.284. The molecule has 0 aliphatic rings. The van der Waals surface area contributed by atoms with Crippen LogP contribution in [0.2, 0.25) is 0 Å². The molecular weight excluding hydrogens is 308 g/mol. The Morgan fingerprint density at radius 3 is 2.36 bits per heavy atom. The predicted octanol–water partition coefficient (Wildman–Crippen LogP) is 6.30. The summed E-state index contributed by atoms with van der Waals surface area (Å²) in [6, 6.07) is 13.8. The summed E-state index contributed by atoms with van der Waals surface area (Å²) >= 11 is 0. The Labute approximate surface area is 151 Å². The van der Waals surface area contributed by atoms with Crippen molar-refractivity contribution in [3.05, 3.63) is 71.3 Å². The number of phenols is 1. The van der Waals surface area contributed by atoms with Crippen molar-refractivity contribution in [1.29, 1.82) is 0 Å². The summed E-state index contributed by atoms with van der Waals surface area (Å²) in [5, 5.41) is 10.5. The summed E-state index contributed by atoms with van der Waals surface area (Å²) in [6.45, 7) is 6.38.